The van der Waals surface area contributed by atoms with Gasteiger partial charge in [-0.3, -0.25) is 4.79 Å². The number of aryl methyl sites for hydroxylation is 1. The number of aromatic nitrogens is 1. The molecule has 26 heavy (non-hydrogen) atoms. The number of carbonyl (C=O) groups is 1. The normalized spacial score (nSPS) is 18.9. The van der Waals surface area contributed by atoms with E-state index >= 15 is 0 Å². The van der Waals surface area contributed by atoms with Crippen LogP contribution < -0.4 is 10.2 Å². The quantitative estimate of drug-likeness (QED) is 0.919. The van der Waals surface area contributed by atoms with Crippen LogP contribution in [0.4, 0.5) is 11.5 Å². The number of piperidine rings is 1. The van der Waals surface area contributed by atoms with Crippen molar-refractivity contribution < 1.29 is 14.3 Å². The lowest BCUT2D eigenvalue weighted by molar-refractivity contribution is -0.169. The molecular formula is C20H23N3O3. The molecule has 2 aromatic rings. The van der Waals surface area contributed by atoms with Gasteiger partial charge < -0.3 is 19.7 Å². The number of ether oxygens (including phenoxy) is 2. The summed E-state index contributed by atoms with van der Waals surface area (Å²) >= 11 is 0. The van der Waals surface area contributed by atoms with E-state index in [2.05, 4.69) is 15.2 Å². The molecule has 0 atom stereocenters. The third kappa shape index (κ3) is 3.57. The largest absolute Gasteiger partial charge is 0.370 e. The van der Waals surface area contributed by atoms with Crippen LogP contribution in [0.15, 0.2) is 42.6 Å². The van der Waals surface area contributed by atoms with Gasteiger partial charge in [-0.15, -0.1) is 0 Å². The Balaban J connectivity index is 1.36. The molecule has 1 aromatic carbocycles. The zero-order chi connectivity index (χ0) is 18.0. The van der Waals surface area contributed by atoms with Crippen LogP contribution in [0.3, 0.4) is 0 Å². The van der Waals surface area contributed by atoms with Gasteiger partial charge in [0.1, 0.15) is 5.82 Å². The van der Waals surface area contributed by atoms with Crippen LogP contribution in [0.5, 0.6) is 0 Å². The highest BCUT2D eigenvalue weighted by molar-refractivity contribution is 6.03. The molecule has 0 unspecified atom stereocenters. The van der Waals surface area contributed by atoms with Crippen molar-refractivity contribution in [2.45, 2.75) is 25.6 Å². The van der Waals surface area contributed by atoms with Gasteiger partial charge >= 0.3 is 0 Å². The van der Waals surface area contributed by atoms with E-state index in [9.17, 15) is 4.79 Å². The first-order valence-corrected chi connectivity index (χ1v) is 9.01. The zero-order valence-corrected chi connectivity index (χ0v) is 14.9. The molecule has 1 N–H and O–H groups in total. The van der Waals surface area contributed by atoms with Crippen molar-refractivity contribution in [3.63, 3.8) is 0 Å². The Morgan fingerprint density at radius 3 is 2.38 bits per heavy atom. The molecule has 136 valence electrons. The second kappa shape index (κ2) is 7.05. The van der Waals surface area contributed by atoms with Crippen molar-refractivity contribution in [3.8, 4) is 0 Å². The lowest BCUT2D eigenvalue weighted by Crippen LogP contribution is -2.45. The summed E-state index contributed by atoms with van der Waals surface area (Å²) in [6.45, 7) is 5.12. The number of nitrogens with one attached hydrogen (secondary N) is 1. The molecule has 4 rings (SSSR count). The third-order valence-electron chi connectivity index (χ3n) is 5.01. The summed E-state index contributed by atoms with van der Waals surface area (Å²) in [4.78, 5) is 18.9. The number of carbonyl (C=O) groups excluding carboxylic acids is 1. The van der Waals surface area contributed by atoms with E-state index in [0.717, 1.165) is 37.2 Å². The first-order chi connectivity index (χ1) is 12.6. The van der Waals surface area contributed by atoms with Crippen LogP contribution in [-0.4, -0.2) is 43.0 Å². The predicted molar refractivity (Wildman–Crippen MR) is 99.5 cm³/mol. The minimum Gasteiger partial charge on any atom is -0.370 e. The molecule has 1 spiro atoms. The minimum atomic E-state index is -0.369. The highest BCUT2D eigenvalue weighted by atomic mass is 16.7. The average molecular weight is 353 g/mol. The Kier molecular flexibility index (Phi) is 4.61. The Bertz CT molecular complexity index is 758. The summed E-state index contributed by atoms with van der Waals surface area (Å²) in [6, 6.07) is 11.3. The van der Waals surface area contributed by atoms with Crippen LogP contribution in [0.1, 0.15) is 28.8 Å². The molecular weight excluding hydrogens is 330 g/mol. The van der Waals surface area contributed by atoms with Crippen LogP contribution in [0.2, 0.25) is 0 Å². The minimum absolute atomic E-state index is 0.152. The zero-order valence-electron chi connectivity index (χ0n) is 14.9. The number of hydrogen-bond acceptors (Lipinski definition) is 5. The van der Waals surface area contributed by atoms with Crippen molar-refractivity contribution in [3.05, 3.63) is 53.7 Å². The molecule has 2 saturated heterocycles. The molecule has 0 radical (unpaired) electrons. The predicted octanol–water partition coefficient (Wildman–Crippen LogP) is 2.99. The Labute approximate surface area is 153 Å². The Morgan fingerprint density at radius 2 is 1.77 bits per heavy atom. The van der Waals surface area contributed by atoms with E-state index in [1.54, 1.807) is 6.20 Å². The van der Waals surface area contributed by atoms with Crippen LogP contribution in [-0.2, 0) is 9.47 Å². The molecule has 0 saturated carbocycles. The van der Waals surface area contributed by atoms with Crippen molar-refractivity contribution >= 4 is 17.4 Å². The van der Waals surface area contributed by atoms with E-state index in [4.69, 9.17) is 9.47 Å². The van der Waals surface area contributed by atoms with Gasteiger partial charge in [0, 0.05) is 31.5 Å². The van der Waals surface area contributed by atoms with E-state index in [1.807, 2.05) is 43.3 Å². The van der Waals surface area contributed by atoms with E-state index in [-0.39, 0.29) is 11.7 Å². The monoisotopic (exact) mass is 353 g/mol. The maximum Gasteiger partial charge on any atom is 0.256 e. The Hall–Kier alpha value is -2.44. The molecule has 0 aliphatic carbocycles. The standard InChI is InChI=1S/C20H23N3O3/c1-15-2-4-16(5-3-15)19(24)22-18-7-6-17(14-21-18)23-10-8-20(9-11-23)25-12-13-26-20/h2-7,14H,8-13H2,1H3,(H,21,22,24). The summed E-state index contributed by atoms with van der Waals surface area (Å²) < 4.78 is 11.5. The topological polar surface area (TPSA) is 63.7 Å². The second-order valence-corrected chi connectivity index (χ2v) is 6.82. The second-order valence-electron chi connectivity index (χ2n) is 6.82. The van der Waals surface area contributed by atoms with Gasteiger partial charge in [0.15, 0.2) is 5.79 Å². The number of anilines is 2. The third-order valence-corrected chi connectivity index (χ3v) is 5.01. The number of pyridine rings is 1. The number of nitrogens with zero attached hydrogens (tertiary/aromatic N) is 2. The fraction of sp³-hybridized carbons (Fsp3) is 0.400. The summed E-state index contributed by atoms with van der Waals surface area (Å²) in [7, 11) is 0. The van der Waals surface area contributed by atoms with Crippen LogP contribution in [0.25, 0.3) is 0 Å². The summed E-state index contributed by atoms with van der Waals surface area (Å²) in [5.74, 6) is 0.0299. The number of hydrogen-bond donors (Lipinski definition) is 1. The maximum absolute atomic E-state index is 12.3. The number of benzene rings is 1. The first kappa shape index (κ1) is 17.0. The molecule has 6 heteroatoms. The number of rotatable bonds is 3. The molecule has 1 aromatic heterocycles. The van der Waals surface area contributed by atoms with Gasteiger partial charge in [-0.05, 0) is 31.2 Å². The van der Waals surface area contributed by atoms with Gasteiger partial charge in [-0.2, -0.15) is 0 Å². The van der Waals surface area contributed by atoms with Crippen molar-refractivity contribution in [2.24, 2.45) is 0 Å². The fourth-order valence-electron chi connectivity index (χ4n) is 3.43. The molecule has 2 fully saturated rings. The van der Waals surface area contributed by atoms with Gasteiger partial charge in [0.25, 0.3) is 5.91 Å². The number of amides is 1. The molecule has 2 aliphatic heterocycles. The smallest absolute Gasteiger partial charge is 0.256 e. The van der Waals surface area contributed by atoms with E-state index in [1.165, 1.54) is 0 Å². The molecule has 6 nitrogen and oxygen atoms in total. The van der Waals surface area contributed by atoms with Gasteiger partial charge in [0.2, 0.25) is 0 Å². The highest BCUT2D eigenvalue weighted by Crippen LogP contribution is 2.33. The molecule has 1 amide bonds. The van der Waals surface area contributed by atoms with Gasteiger partial charge in [-0.1, -0.05) is 17.7 Å². The first-order valence-electron chi connectivity index (χ1n) is 9.01. The Morgan fingerprint density at radius 1 is 1.08 bits per heavy atom. The lowest BCUT2D eigenvalue weighted by atomic mass is 10.0. The average Bonchev–Trinajstić information content (AvgIpc) is 3.12. The highest BCUT2D eigenvalue weighted by Gasteiger charge is 2.39. The molecule has 3 heterocycles. The maximum atomic E-state index is 12.3. The van der Waals surface area contributed by atoms with Gasteiger partial charge in [-0.25, -0.2) is 4.98 Å². The van der Waals surface area contributed by atoms with Crippen LogP contribution >= 0.6 is 0 Å². The summed E-state index contributed by atoms with van der Waals surface area (Å²) in [5, 5.41) is 2.84. The summed E-state index contributed by atoms with van der Waals surface area (Å²) in [6.07, 6.45) is 3.52. The SMILES string of the molecule is Cc1ccc(C(=O)Nc2ccc(N3CCC4(CC3)OCCO4)cn2)cc1. The van der Waals surface area contributed by atoms with Crippen molar-refractivity contribution in [2.75, 3.05) is 36.5 Å². The molecule has 0 bridgehead atoms. The van der Waals surface area contributed by atoms with Crippen molar-refractivity contribution in [1.29, 1.82) is 0 Å². The van der Waals surface area contributed by atoms with E-state index < -0.39 is 0 Å². The van der Waals surface area contributed by atoms with E-state index in [0.29, 0.717) is 24.6 Å². The van der Waals surface area contributed by atoms with Crippen molar-refractivity contribution in [1.82, 2.24) is 4.98 Å². The molecule has 2 aliphatic rings. The summed E-state index contributed by atoms with van der Waals surface area (Å²) in [5.41, 5.74) is 2.80. The van der Waals surface area contributed by atoms with Gasteiger partial charge in [0.05, 0.1) is 25.1 Å². The lowest BCUT2D eigenvalue weighted by Gasteiger charge is -2.38. The van der Waals surface area contributed by atoms with Crippen LogP contribution in [0, 0.1) is 6.92 Å². The fourth-order valence-corrected chi connectivity index (χ4v) is 3.43.